The van der Waals surface area contributed by atoms with Crippen molar-refractivity contribution in [3.05, 3.63) is 93.2 Å². The topological polar surface area (TPSA) is 98.0 Å². The molecule has 0 aliphatic carbocycles. The number of aromatic nitrogens is 3. The third-order valence-corrected chi connectivity index (χ3v) is 5.49. The highest BCUT2D eigenvalue weighted by Crippen LogP contribution is 2.23. The number of nitrogens with zero attached hydrogens (tertiary/aromatic N) is 3. The van der Waals surface area contributed by atoms with E-state index in [9.17, 15) is 14.4 Å². The number of hydrazine groups is 1. The molecule has 162 valence electrons. The summed E-state index contributed by atoms with van der Waals surface area (Å²) >= 11 is 0. The Morgan fingerprint density at radius 3 is 2.22 bits per heavy atom. The average Bonchev–Trinajstić information content (AvgIpc) is 3.08. The number of nitrogens with one attached hydrogen (secondary N) is 2. The number of hydrogen-bond acceptors (Lipinski definition) is 4. The van der Waals surface area contributed by atoms with E-state index in [1.807, 2.05) is 49.6 Å². The molecular formula is C24H23N5O3. The number of hydrogen-bond donors (Lipinski definition) is 2. The SMILES string of the molecule is Cc1ccccc1-n1c(C)cc(C(=O)NNC(=O)c2nn(C)c(=O)c3ccccc23)c1C. The van der Waals surface area contributed by atoms with Gasteiger partial charge in [0.25, 0.3) is 17.4 Å². The maximum absolute atomic E-state index is 12.9. The van der Waals surface area contributed by atoms with Crippen molar-refractivity contribution in [1.82, 2.24) is 25.2 Å². The molecule has 2 aromatic heterocycles. The molecular weight excluding hydrogens is 406 g/mol. The minimum Gasteiger partial charge on any atom is -0.317 e. The maximum atomic E-state index is 12.9. The van der Waals surface area contributed by atoms with E-state index >= 15 is 0 Å². The van der Waals surface area contributed by atoms with Crippen molar-refractivity contribution < 1.29 is 9.59 Å². The fraction of sp³-hybridized carbons (Fsp3) is 0.167. The number of amides is 2. The van der Waals surface area contributed by atoms with E-state index in [1.165, 1.54) is 7.05 Å². The Labute approximate surface area is 184 Å². The van der Waals surface area contributed by atoms with Gasteiger partial charge < -0.3 is 4.57 Å². The Bertz CT molecular complexity index is 1430. The first-order valence-electron chi connectivity index (χ1n) is 10.1. The smallest absolute Gasteiger partial charge is 0.290 e. The van der Waals surface area contributed by atoms with Crippen LogP contribution < -0.4 is 16.4 Å². The molecule has 2 aromatic carbocycles. The Morgan fingerprint density at radius 1 is 0.875 bits per heavy atom. The van der Waals surface area contributed by atoms with Crippen LogP contribution in [0.1, 0.15) is 37.8 Å². The summed E-state index contributed by atoms with van der Waals surface area (Å²) in [6, 6.07) is 16.4. The van der Waals surface area contributed by atoms with E-state index in [-0.39, 0.29) is 11.3 Å². The molecule has 0 unspecified atom stereocenters. The van der Waals surface area contributed by atoms with Gasteiger partial charge in [0.2, 0.25) is 0 Å². The van der Waals surface area contributed by atoms with Crippen LogP contribution in [0.15, 0.2) is 59.4 Å². The molecule has 0 bridgehead atoms. The van der Waals surface area contributed by atoms with Gasteiger partial charge in [0, 0.05) is 29.5 Å². The summed E-state index contributed by atoms with van der Waals surface area (Å²) in [5, 5.41) is 4.87. The Kier molecular flexibility index (Phi) is 5.36. The monoisotopic (exact) mass is 429 g/mol. The molecule has 8 nitrogen and oxygen atoms in total. The highest BCUT2D eigenvalue weighted by molar-refractivity contribution is 6.06. The first kappa shape index (κ1) is 21.0. The lowest BCUT2D eigenvalue weighted by molar-refractivity contribution is 0.0843. The van der Waals surface area contributed by atoms with Crippen LogP contribution in [-0.4, -0.2) is 26.2 Å². The van der Waals surface area contributed by atoms with Crippen molar-refractivity contribution in [2.24, 2.45) is 7.05 Å². The summed E-state index contributed by atoms with van der Waals surface area (Å²) in [6.45, 7) is 5.80. The number of rotatable bonds is 3. The van der Waals surface area contributed by atoms with E-state index in [0.717, 1.165) is 27.3 Å². The lowest BCUT2D eigenvalue weighted by atomic mass is 10.1. The van der Waals surface area contributed by atoms with E-state index in [0.29, 0.717) is 16.3 Å². The second kappa shape index (κ2) is 8.14. The number of benzene rings is 2. The van der Waals surface area contributed by atoms with Crippen LogP contribution in [0.2, 0.25) is 0 Å². The molecule has 8 heteroatoms. The zero-order valence-corrected chi connectivity index (χ0v) is 18.3. The van der Waals surface area contributed by atoms with Crippen molar-refractivity contribution >= 4 is 22.6 Å². The minimum absolute atomic E-state index is 0.0494. The van der Waals surface area contributed by atoms with Crippen LogP contribution in [0.4, 0.5) is 0 Å². The first-order chi connectivity index (χ1) is 15.3. The molecule has 0 atom stereocenters. The lowest BCUT2D eigenvalue weighted by Gasteiger charge is -2.13. The number of carbonyl (C=O) groups is 2. The van der Waals surface area contributed by atoms with Gasteiger partial charge in [-0.15, -0.1) is 0 Å². The molecule has 2 N–H and O–H groups in total. The summed E-state index contributed by atoms with van der Waals surface area (Å²) in [6.07, 6.45) is 0. The predicted molar refractivity (Wildman–Crippen MR) is 122 cm³/mol. The molecule has 0 spiro atoms. The highest BCUT2D eigenvalue weighted by Gasteiger charge is 2.20. The van der Waals surface area contributed by atoms with E-state index in [1.54, 1.807) is 30.3 Å². The van der Waals surface area contributed by atoms with Gasteiger partial charge in [-0.2, -0.15) is 5.10 Å². The molecule has 0 saturated carbocycles. The predicted octanol–water partition coefficient (Wildman–Crippen LogP) is 2.72. The average molecular weight is 429 g/mol. The standard InChI is InChI=1S/C24H23N5O3/c1-14-9-5-8-12-20(14)29-15(2)13-19(16(29)3)22(30)25-26-23(31)21-17-10-6-7-11-18(17)24(32)28(4)27-21/h5-13H,1-4H3,(H,25,30)(H,26,31). The quantitative estimate of drug-likeness (QED) is 0.489. The fourth-order valence-corrected chi connectivity index (χ4v) is 3.89. The van der Waals surface area contributed by atoms with Crippen LogP contribution in [0, 0.1) is 20.8 Å². The second-order valence-electron chi connectivity index (χ2n) is 7.64. The number of carbonyl (C=O) groups excluding carboxylic acids is 2. The van der Waals surface area contributed by atoms with E-state index in [4.69, 9.17) is 0 Å². The van der Waals surface area contributed by atoms with Gasteiger partial charge >= 0.3 is 0 Å². The molecule has 4 aromatic rings. The normalized spacial score (nSPS) is 10.9. The van der Waals surface area contributed by atoms with Crippen molar-refractivity contribution in [2.45, 2.75) is 20.8 Å². The second-order valence-corrected chi connectivity index (χ2v) is 7.64. The third kappa shape index (κ3) is 3.56. The van der Waals surface area contributed by atoms with E-state index < -0.39 is 11.8 Å². The summed E-state index contributed by atoms with van der Waals surface area (Å²) < 4.78 is 3.11. The van der Waals surface area contributed by atoms with E-state index in [2.05, 4.69) is 16.0 Å². The van der Waals surface area contributed by atoms with Gasteiger partial charge in [0.05, 0.1) is 10.9 Å². The number of para-hydroxylation sites is 1. The minimum atomic E-state index is -0.613. The van der Waals surface area contributed by atoms with Crippen LogP contribution >= 0.6 is 0 Å². The number of aryl methyl sites for hydroxylation is 3. The molecule has 0 fully saturated rings. The lowest BCUT2D eigenvalue weighted by Crippen LogP contribution is -2.42. The Balaban J connectivity index is 1.59. The van der Waals surface area contributed by atoms with Crippen LogP contribution in [0.3, 0.4) is 0 Å². The van der Waals surface area contributed by atoms with Gasteiger partial charge in [-0.05, 0) is 44.5 Å². The van der Waals surface area contributed by atoms with Crippen molar-refractivity contribution in [3.8, 4) is 5.69 Å². The zero-order valence-electron chi connectivity index (χ0n) is 18.3. The first-order valence-corrected chi connectivity index (χ1v) is 10.1. The fourth-order valence-electron chi connectivity index (χ4n) is 3.89. The van der Waals surface area contributed by atoms with Crippen molar-refractivity contribution in [2.75, 3.05) is 0 Å². The maximum Gasteiger partial charge on any atom is 0.290 e. The molecule has 0 radical (unpaired) electrons. The summed E-state index contributed by atoms with van der Waals surface area (Å²) in [5.74, 6) is -1.06. The third-order valence-electron chi connectivity index (χ3n) is 5.49. The van der Waals surface area contributed by atoms with Gasteiger partial charge in [-0.25, -0.2) is 4.68 Å². The zero-order chi connectivity index (χ0) is 23.0. The number of fused-ring (bicyclic) bond motifs is 1. The van der Waals surface area contributed by atoms with Gasteiger partial charge in [-0.3, -0.25) is 25.2 Å². The van der Waals surface area contributed by atoms with Crippen LogP contribution in [0.25, 0.3) is 16.5 Å². The summed E-state index contributed by atoms with van der Waals surface area (Å²) in [7, 11) is 1.48. The van der Waals surface area contributed by atoms with Gasteiger partial charge in [0.1, 0.15) is 0 Å². The Hall–Kier alpha value is -4.20. The molecule has 0 aliphatic heterocycles. The molecule has 0 saturated heterocycles. The van der Waals surface area contributed by atoms with Crippen LogP contribution in [0.5, 0.6) is 0 Å². The molecule has 32 heavy (non-hydrogen) atoms. The van der Waals surface area contributed by atoms with Crippen molar-refractivity contribution in [3.63, 3.8) is 0 Å². The Morgan fingerprint density at radius 2 is 1.50 bits per heavy atom. The molecule has 4 rings (SSSR count). The van der Waals surface area contributed by atoms with Crippen LogP contribution in [-0.2, 0) is 7.05 Å². The van der Waals surface area contributed by atoms with Gasteiger partial charge in [0.15, 0.2) is 5.69 Å². The highest BCUT2D eigenvalue weighted by atomic mass is 16.2. The molecule has 2 amide bonds. The van der Waals surface area contributed by atoms with Crippen molar-refractivity contribution in [1.29, 1.82) is 0 Å². The van der Waals surface area contributed by atoms with Gasteiger partial charge in [-0.1, -0.05) is 36.4 Å². The summed E-state index contributed by atoms with van der Waals surface area (Å²) in [5.41, 5.74) is 8.82. The largest absolute Gasteiger partial charge is 0.317 e. The molecule has 0 aliphatic rings. The summed E-state index contributed by atoms with van der Waals surface area (Å²) in [4.78, 5) is 37.9. The molecule has 2 heterocycles.